The van der Waals surface area contributed by atoms with E-state index in [-0.39, 0.29) is 5.25 Å². The predicted molar refractivity (Wildman–Crippen MR) is 63.3 cm³/mol. The van der Waals surface area contributed by atoms with Crippen LogP contribution < -0.4 is 0 Å². The average molecular weight is 233 g/mol. The molecule has 0 saturated carbocycles. The number of piperidine rings is 1. The van der Waals surface area contributed by atoms with E-state index < -0.39 is 10.0 Å². The normalized spacial score (nSPS) is 21.1. The molecule has 0 atom stereocenters. The zero-order valence-corrected chi connectivity index (χ0v) is 10.9. The van der Waals surface area contributed by atoms with Gasteiger partial charge >= 0.3 is 0 Å². The molecule has 1 fully saturated rings. The third-order valence-corrected chi connectivity index (χ3v) is 5.50. The van der Waals surface area contributed by atoms with Crippen LogP contribution in [0.1, 0.15) is 46.5 Å². The van der Waals surface area contributed by atoms with Crippen molar-refractivity contribution in [3.8, 4) is 0 Å². The molecule has 0 aromatic rings. The van der Waals surface area contributed by atoms with Crippen LogP contribution in [0.2, 0.25) is 0 Å². The minimum absolute atomic E-state index is 0.278. The van der Waals surface area contributed by atoms with Crippen LogP contribution in [0.3, 0.4) is 0 Å². The van der Waals surface area contributed by atoms with Crippen molar-refractivity contribution < 1.29 is 8.42 Å². The quantitative estimate of drug-likeness (QED) is 0.747. The van der Waals surface area contributed by atoms with Crippen LogP contribution in [-0.4, -0.2) is 31.1 Å². The highest BCUT2D eigenvalue weighted by Crippen LogP contribution is 2.24. The molecule has 0 N–H and O–H groups in total. The van der Waals surface area contributed by atoms with Gasteiger partial charge in [-0.05, 0) is 32.6 Å². The molecule has 0 radical (unpaired) electrons. The van der Waals surface area contributed by atoms with E-state index in [1.807, 2.05) is 0 Å². The summed E-state index contributed by atoms with van der Waals surface area (Å²) in [5, 5.41) is -0.278. The van der Waals surface area contributed by atoms with Crippen LogP contribution in [0.4, 0.5) is 0 Å². The SMILES string of the molecule is CCCC1CCN(S(=O)(=O)C(C)C)CC1. The average Bonchev–Trinajstić information content (AvgIpc) is 2.19. The summed E-state index contributed by atoms with van der Waals surface area (Å²) < 4.78 is 25.4. The lowest BCUT2D eigenvalue weighted by atomic mass is 9.94. The zero-order chi connectivity index (χ0) is 11.5. The fourth-order valence-corrected chi connectivity index (χ4v) is 3.47. The van der Waals surface area contributed by atoms with E-state index in [0.29, 0.717) is 0 Å². The van der Waals surface area contributed by atoms with Gasteiger partial charge in [-0.2, -0.15) is 0 Å². The molecule has 4 heteroatoms. The van der Waals surface area contributed by atoms with Crippen LogP contribution in [0, 0.1) is 5.92 Å². The van der Waals surface area contributed by atoms with Gasteiger partial charge in [0.2, 0.25) is 10.0 Å². The first-order chi connectivity index (χ1) is 6.98. The third kappa shape index (κ3) is 3.18. The van der Waals surface area contributed by atoms with Gasteiger partial charge in [0.1, 0.15) is 0 Å². The largest absolute Gasteiger partial charge is 0.216 e. The lowest BCUT2D eigenvalue weighted by Crippen LogP contribution is -2.41. The first-order valence-corrected chi connectivity index (χ1v) is 7.47. The molecular formula is C11H23NO2S. The Labute approximate surface area is 93.9 Å². The summed E-state index contributed by atoms with van der Waals surface area (Å²) in [5.41, 5.74) is 0. The molecule has 1 saturated heterocycles. The lowest BCUT2D eigenvalue weighted by molar-refractivity contribution is 0.261. The van der Waals surface area contributed by atoms with E-state index in [2.05, 4.69) is 6.92 Å². The van der Waals surface area contributed by atoms with E-state index in [4.69, 9.17) is 0 Å². The summed E-state index contributed by atoms with van der Waals surface area (Å²) >= 11 is 0. The third-order valence-electron chi connectivity index (χ3n) is 3.23. The first kappa shape index (κ1) is 13.0. The Bertz CT molecular complexity index is 277. The van der Waals surface area contributed by atoms with Crippen molar-refractivity contribution in [3.63, 3.8) is 0 Å². The molecule has 0 aliphatic carbocycles. The van der Waals surface area contributed by atoms with Gasteiger partial charge < -0.3 is 0 Å². The molecule has 90 valence electrons. The second-order valence-electron chi connectivity index (χ2n) is 4.72. The molecule has 0 spiro atoms. The van der Waals surface area contributed by atoms with Crippen LogP contribution in [0.15, 0.2) is 0 Å². The molecule has 0 amide bonds. The molecule has 1 heterocycles. The zero-order valence-electron chi connectivity index (χ0n) is 10.1. The van der Waals surface area contributed by atoms with E-state index in [0.717, 1.165) is 31.8 Å². The van der Waals surface area contributed by atoms with Gasteiger partial charge in [-0.15, -0.1) is 0 Å². The Balaban J connectivity index is 2.51. The molecule has 3 nitrogen and oxygen atoms in total. The van der Waals surface area contributed by atoms with Crippen molar-refractivity contribution in [2.75, 3.05) is 13.1 Å². The van der Waals surface area contributed by atoms with Crippen molar-refractivity contribution in [3.05, 3.63) is 0 Å². The Morgan fingerprint density at radius 2 is 1.80 bits per heavy atom. The van der Waals surface area contributed by atoms with Crippen molar-refractivity contribution in [2.24, 2.45) is 5.92 Å². The first-order valence-electron chi connectivity index (χ1n) is 5.97. The molecule has 1 rings (SSSR count). The summed E-state index contributed by atoms with van der Waals surface area (Å²) in [6, 6.07) is 0. The highest BCUT2D eigenvalue weighted by atomic mass is 32.2. The van der Waals surface area contributed by atoms with Crippen LogP contribution in [0.5, 0.6) is 0 Å². The number of hydrogen-bond donors (Lipinski definition) is 0. The van der Waals surface area contributed by atoms with Crippen molar-refractivity contribution >= 4 is 10.0 Å². The summed E-state index contributed by atoms with van der Waals surface area (Å²) in [4.78, 5) is 0. The highest BCUT2D eigenvalue weighted by Gasteiger charge is 2.29. The summed E-state index contributed by atoms with van der Waals surface area (Å²) in [7, 11) is -3.00. The predicted octanol–water partition coefficient (Wildman–Crippen LogP) is 2.24. The summed E-state index contributed by atoms with van der Waals surface area (Å²) in [6.45, 7) is 7.16. The highest BCUT2D eigenvalue weighted by molar-refractivity contribution is 7.89. The molecule has 0 unspecified atom stereocenters. The summed E-state index contributed by atoms with van der Waals surface area (Å²) in [6.07, 6.45) is 4.54. The van der Waals surface area contributed by atoms with Crippen molar-refractivity contribution in [2.45, 2.75) is 51.7 Å². The van der Waals surface area contributed by atoms with Gasteiger partial charge in [-0.1, -0.05) is 19.8 Å². The van der Waals surface area contributed by atoms with Crippen molar-refractivity contribution in [1.82, 2.24) is 4.31 Å². The number of sulfonamides is 1. The topological polar surface area (TPSA) is 37.4 Å². The van der Waals surface area contributed by atoms with Gasteiger partial charge in [-0.25, -0.2) is 12.7 Å². The van der Waals surface area contributed by atoms with Crippen LogP contribution in [-0.2, 0) is 10.0 Å². The van der Waals surface area contributed by atoms with Gasteiger partial charge in [0, 0.05) is 13.1 Å². The minimum Gasteiger partial charge on any atom is -0.212 e. The van der Waals surface area contributed by atoms with E-state index >= 15 is 0 Å². The molecule has 0 aromatic carbocycles. The van der Waals surface area contributed by atoms with Crippen LogP contribution >= 0.6 is 0 Å². The lowest BCUT2D eigenvalue weighted by Gasteiger charge is -2.32. The van der Waals surface area contributed by atoms with Gasteiger partial charge in [0.05, 0.1) is 5.25 Å². The summed E-state index contributed by atoms with van der Waals surface area (Å²) in [5.74, 6) is 0.744. The van der Waals surface area contributed by atoms with E-state index in [9.17, 15) is 8.42 Å². The Morgan fingerprint density at radius 3 is 2.20 bits per heavy atom. The standard InChI is InChI=1S/C11H23NO2S/c1-4-5-11-6-8-12(9-7-11)15(13,14)10(2)3/h10-11H,4-9H2,1-3H3. The molecule has 1 aliphatic heterocycles. The van der Waals surface area contributed by atoms with E-state index in [1.54, 1.807) is 18.2 Å². The molecule has 1 aliphatic rings. The maximum absolute atomic E-state index is 11.9. The fourth-order valence-electron chi connectivity index (χ4n) is 2.16. The minimum atomic E-state index is -3.00. The maximum Gasteiger partial charge on any atom is 0.216 e. The second kappa shape index (κ2) is 5.30. The number of nitrogens with zero attached hydrogens (tertiary/aromatic N) is 1. The Kier molecular flexibility index (Phi) is 4.59. The van der Waals surface area contributed by atoms with E-state index in [1.165, 1.54) is 12.8 Å². The van der Waals surface area contributed by atoms with Crippen LogP contribution in [0.25, 0.3) is 0 Å². The molecule has 15 heavy (non-hydrogen) atoms. The number of hydrogen-bond acceptors (Lipinski definition) is 2. The molecular weight excluding hydrogens is 210 g/mol. The molecule has 0 bridgehead atoms. The van der Waals surface area contributed by atoms with Gasteiger partial charge in [0.25, 0.3) is 0 Å². The van der Waals surface area contributed by atoms with Crippen molar-refractivity contribution in [1.29, 1.82) is 0 Å². The second-order valence-corrected chi connectivity index (χ2v) is 7.21. The molecule has 0 aromatic heterocycles. The maximum atomic E-state index is 11.9. The van der Waals surface area contributed by atoms with Gasteiger partial charge in [-0.3, -0.25) is 0 Å². The Morgan fingerprint density at radius 1 is 1.27 bits per heavy atom. The monoisotopic (exact) mass is 233 g/mol. The number of rotatable bonds is 4. The Hall–Kier alpha value is -0.0900. The smallest absolute Gasteiger partial charge is 0.212 e. The van der Waals surface area contributed by atoms with Gasteiger partial charge in [0.15, 0.2) is 0 Å². The fraction of sp³-hybridized carbons (Fsp3) is 1.00.